The summed E-state index contributed by atoms with van der Waals surface area (Å²) in [4.78, 5) is 37.1. The van der Waals surface area contributed by atoms with Gasteiger partial charge in [0.25, 0.3) is 0 Å². The minimum atomic E-state index is -0.854. The fourth-order valence-corrected chi connectivity index (χ4v) is 4.70. The fourth-order valence-electron chi connectivity index (χ4n) is 4.70. The molecule has 8 heteroatoms. The van der Waals surface area contributed by atoms with Crippen LogP contribution in [0.15, 0.2) is 48.5 Å². The molecule has 0 unspecified atom stereocenters. The number of fused-ring (bicyclic) bond motifs is 3. The molecular weight excluding hydrogens is 436 g/mol. The SMILES string of the molecule is O=C(NCCOCCC(=O)N1CCC[C@H](C(=O)O)C1)OCC1c2ccccc2-c2ccccc21. The van der Waals surface area contributed by atoms with Crippen LogP contribution in [0.1, 0.15) is 36.3 Å². The Balaban J connectivity index is 1.13. The van der Waals surface area contributed by atoms with Crippen LogP contribution in [0, 0.1) is 5.92 Å². The first-order valence-corrected chi connectivity index (χ1v) is 11.7. The highest BCUT2D eigenvalue weighted by Gasteiger charge is 2.29. The lowest BCUT2D eigenvalue weighted by Crippen LogP contribution is -2.42. The first-order valence-electron chi connectivity index (χ1n) is 11.7. The summed E-state index contributed by atoms with van der Waals surface area (Å²) in [5, 5.41) is 11.8. The average molecular weight is 467 g/mol. The van der Waals surface area contributed by atoms with Crippen LogP contribution in [-0.4, -0.2) is 67.4 Å². The summed E-state index contributed by atoms with van der Waals surface area (Å²) in [6.07, 6.45) is 0.997. The molecule has 2 aromatic carbocycles. The summed E-state index contributed by atoms with van der Waals surface area (Å²) < 4.78 is 10.9. The van der Waals surface area contributed by atoms with Crippen molar-refractivity contribution in [1.82, 2.24) is 10.2 Å². The molecule has 2 N–H and O–H groups in total. The second-order valence-corrected chi connectivity index (χ2v) is 8.63. The number of piperidine rings is 1. The van der Waals surface area contributed by atoms with Gasteiger partial charge < -0.3 is 24.8 Å². The van der Waals surface area contributed by atoms with Gasteiger partial charge in [-0.25, -0.2) is 4.79 Å². The lowest BCUT2D eigenvalue weighted by atomic mass is 9.98. The summed E-state index contributed by atoms with van der Waals surface area (Å²) in [6, 6.07) is 16.3. The van der Waals surface area contributed by atoms with Gasteiger partial charge in [-0.3, -0.25) is 9.59 Å². The van der Waals surface area contributed by atoms with Crippen molar-refractivity contribution in [1.29, 1.82) is 0 Å². The summed E-state index contributed by atoms with van der Waals surface area (Å²) in [5.74, 6) is -1.43. The first-order chi connectivity index (χ1) is 16.5. The van der Waals surface area contributed by atoms with Crippen molar-refractivity contribution >= 4 is 18.0 Å². The van der Waals surface area contributed by atoms with E-state index in [1.54, 1.807) is 4.90 Å². The van der Waals surface area contributed by atoms with Crippen LogP contribution in [0.4, 0.5) is 4.79 Å². The molecule has 180 valence electrons. The molecule has 0 saturated carbocycles. The number of hydrogen-bond donors (Lipinski definition) is 2. The Morgan fingerprint density at radius 2 is 1.68 bits per heavy atom. The second kappa shape index (κ2) is 11.2. The molecule has 1 aliphatic heterocycles. The number of nitrogens with zero attached hydrogens (tertiary/aromatic N) is 1. The number of aliphatic carboxylic acids is 1. The highest BCUT2D eigenvalue weighted by atomic mass is 16.5. The average Bonchev–Trinajstić information content (AvgIpc) is 3.18. The zero-order valence-electron chi connectivity index (χ0n) is 19.1. The topological polar surface area (TPSA) is 105 Å². The summed E-state index contributed by atoms with van der Waals surface area (Å²) in [6.45, 7) is 1.86. The standard InChI is InChI=1S/C26H30N2O6/c29-24(28-13-5-6-18(16-28)25(30)31)11-14-33-15-12-27-26(32)34-17-23-21-9-3-1-7-19(21)20-8-2-4-10-22(20)23/h1-4,7-10,18,23H,5-6,11-17H2,(H,27,32)(H,30,31)/t18-/m0/s1. The highest BCUT2D eigenvalue weighted by molar-refractivity contribution is 5.79. The van der Waals surface area contributed by atoms with Crippen molar-refractivity contribution in [2.24, 2.45) is 5.92 Å². The van der Waals surface area contributed by atoms with Crippen LogP contribution in [0.3, 0.4) is 0 Å². The smallest absolute Gasteiger partial charge is 0.407 e. The van der Waals surface area contributed by atoms with Gasteiger partial charge in [-0.05, 0) is 35.1 Å². The number of alkyl carbamates (subject to hydrolysis) is 1. The number of carboxylic acids is 1. The zero-order valence-corrected chi connectivity index (χ0v) is 19.1. The number of benzene rings is 2. The molecule has 0 bridgehead atoms. The van der Waals surface area contributed by atoms with Gasteiger partial charge in [-0.15, -0.1) is 0 Å². The largest absolute Gasteiger partial charge is 0.481 e. The first kappa shape index (κ1) is 23.8. The van der Waals surface area contributed by atoms with Gasteiger partial charge in [0.05, 0.1) is 25.6 Å². The van der Waals surface area contributed by atoms with Gasteiger partial charge in [0, 0.05) is 25.6 Å². The molecule has 1 atom stereocenters. The number of carbonyl (C=O) groups excluding carboxylic acids is 2. The van der Waals surface area contributed by atoms with E-state index in [1.165, 1.54) is 11.1 Å². The van der Waals surface area contributed by atoms with Gasteiger partial charge in [-0.2, -0.15) is 0 Å². The van der Waals surface area contributed by atoms with Crippen LogP contribution in [0.25, 0.3) is 11.1 Å². The Hall–Kier alpha value is -3.39. The van der Waals surface area contributed by atoms with Gasteiger partial charge in [-0.1, -0.05) is 48.5 Å². The fraction of sp³-hybridized carbons (Fsp3) is 0.423. The molecule has 2 aromatic rings. The predicted molar refractivity (Wildman–Crippen MR) is 125 cm³/mol. The molecular formula is C26H30N2O6. The number of ether oxygens (including phenoxy) is 2. The van der Waals surface area contributed by atoms with Crippen LogP contribution in [0.5, 0.6) is 0 Å². The lowest BCUT2D eigenvalue weighted by molar-refractivity contribution is -0.145. The number of hydrogen-bond acceptors (Lipinski definition) is 5. The minimum Gasteiger partial charge on any atom is -0.481 e. The van der Waals surface area contributed by atoms with E-state index in [0.717, 1.165) is 11.1 Å². The van der Waals surface area contributed by atoms with Gasteiger partial charge in [0.15, 0.2) is 0 Å². The number of rotatable bonds is 9. The maximum absolute atomic E-state index is 12.3. The van der Waals surface area contributed by atoms with E-state index in [4.69, 9.17) is 14.6 Å². The monoisotopic (exact) mass is 466 g/mol. The number of likely N-dealkylation sites (tertiary alicyclic amines) is 1. The van der Waals surface area contributed by atoms with Gasteiger partial charge in [0.1, 0.15) is 6.61 Å². The summed E-state index contributed by atoms with van der Waals surface area (Å²) in [7, 11) is 0. The van der Waals surface area contributed by atoms with E-state index in [9.17, 15) is 14.4 Å². The third-order valence-corrected chi connectivity index (χ3v) is 6.44. The molecule has 2 amide bonds. The molecule has 1 fully saturated rings. The molecule has 8 nitrogen and oxygen atoms in total. The molecule has 0 aromatic heterocycles. The highest BCUT2D eigenvalue weighted by Crippen LogP contribution is 2.44. The van der Waals surface area contributed by atoms with Crippen LogP contribution in [-0.2, 0) is 19.1 Å². The molecule has 0 radical (unpaired) electrons. The molecule has 1 heterocycles. The number of carboxylic acid groups (broad SMARTS) is 1. The molecule has 1 saturated heterocycles. The van der Waals surface area contributed by atoms with Crippen molar-refractivity contribution in [2.75, 3.05) is 39.5 Å². The quantitative estimate of drug-likeness (QED) is 0.550. The van der Waals surface area contributed by atoms with E-state index in [0.29, 0.717) is 19.4 Å². The Labute approximate surface area is 198 Å². The molecule has 34 heavy (non-hydrogen) atoms. The third kappa shape index (κ3) is 5.56. The van der Waals surface area contributed by atoms with E-state index >= 15 is 0 Å². The van der Waals surface area contributed by atoms with E-state index in [2.05, 4.69) is 29.6 Å². The van der Waals surface area contributed by atoms with Crippen LogP contribution < -0.4 is 5.32 Å². The summed E-state index contributed by atoms with van der Waals surface area (Å²) in [5.41, 5.74) is 4.68. The molecule has 2 aliphatic rings. The van der Waals surface area contributed by atoms with Crippen molar-refractivity contribution < 1.29 is 29.0 Å². The van der Waals surface area contributed by atoms with Crippen molar-refractivity contribution in [2.45, 2.75) is 25.2 Å². The van der Waals surface area contributed by atoms with E-state index in [-0.39, 0.29) is 51.2 Å². The molecule has 1 aliphatic carbocycles. The normalized spacial score (nSPS) is 17.1. The minimum absolute atomic E-state index is 0.0101. The molecule has 0 spiro atoms. The van der Waals surface area contributed by atoms with E-state index < -0.39 is 18.0 Å². The van der Waals surface area contributed by atoms with Crippen molar-refractivity contribution in [3.63, 3.8) is 0 Å². The number of carbonyl (C=O) groups is 3. The van der Waals surface area contributed by atoms with Crippen LogP contribution >= 0.6 is 0 Å². The van der Waals surface area contributed by atoms with Crippen LogP contribution in [0.2, 0.25) is 0 Å². The van der Waals surface area contributed by atoms with Crippen molar-refractivity contribution in [3.8, 4) is 11.1 Å². The molecule has 4 rings (SSSR count). The Kier molecular flexibility index (Phi) is 7.80. The zero-order chi connectivity index (χ0) is 23.9. The Morgan fingerprint density at radius 1 is 1.00 bits per heavy atom. The van der Waals surface area contributed by atoms with Gasteiger partial charge in [0.2, 0.25) is 5.91 Å². The number of nitrogens with one attached hydrogen (secondary N) is 1. The number of amides is 2. The van der Waals surface area contributed by atoms with E-state index in [1.807, 2.05) is 24.3 Å². The Morgan fingerprint density at radius 3 is 2.35 bits per heavy atom. The van der Waals surface area contributed by atoms with Crippen molar-refractivity contribution in [3.05, 3.63) is 59.7 Å². The second-order valence-electron chi connectivity index (χ2n) is 8.63. The van der Waals surface area contributed by atoms with Gasteiger partial charge >= 0.3 is 12.1 Å². The predicted octanol–water partition coefficient (Wildman–Crippen LogP) is 3.26. The maximum Gasteiger partial charge on any atom is 0.407 e. The maximum atomic E-state index is 12.3. The lowest BCUT2D eigenvalue weighted by Gasteiger charge is -2.30. The summed E-state index contributed by atoms with van der Waals surface area (Å²) >= 11 is 0. The Bertz CT molecular complexity index is 994. The third-order valence-electron chi connectivity index (χ3n) is 6.44.